The van der Waals surface area contributed by atoms with E-state index in [1.165, 1.54) is 0 Å². The van der Waals surface area contributed by atoms with Gasteiger partial charge in [0.05, 0.1) is 11.6 Å². The average molecular weight is 474 g/mol. The molecule has 5 nitrogen and oxygen atoms in total. The molecule has 3 atom stereocenters. The van der Waals surface area contributed by atoms with Crippen LogP contribution < -0.4 is 10.4 Å². The second kappa shape index (κ2) is 8.62. The summed E-state index contributed by atoms with van der Waals surface area (Å²) in [5, 5.41) is 17.0. The van der Waals surface area contributed by atoms with Gasteiger partial charge in [-0.2, -0.15) is 0 Å². The van der Waals surface area contributed by atoms with Crippen LogP contribution in [-0.2, 0) is 4.43 Å². The van der Waals surface area contributed by atoms with E-state index in [4.69, 9.17) is 4.43 Å². The maximum atomic E-state index is 10.8. The summed E-state index contributed by atoms with van der Waals surface area (Å²) in [6, 6.07) is 20.7. The first-order valence-electron chi connectivity index (χ1n) is 9.90. The van der Waals surface area contributed by atoms with E-state index in [2.05, 4.69) is 71.0 Å². The Morgan fingerprint density at radius 1 is 1.14 bits per heavy atom. The summed E-state index contributed by atoms with van der Waals surface area (Å²) in [7, 11) is -2.75. The van der Waals surface area contributed by atoms with Crippen LogP contribution in [0.2, 0.25) is 5.04 Å². The molecule has 0 spiro atoms. The third kappa shape index (κ3) is 4.02. The van der Waals surface area contributed by atoms with Crippen LogP contribution in [0.4, 0.5) is 0 Å². The number of aliphatic hydroxyl groups is 1. The Morgan fingerprint density at radius 3 is 2.03 bits per heavy atom. The lowest BCUT2D eigenvalue weighted by molar-refractivity contribution is 0.0752. The van der Waals surface area contributed by atoms with E-state index in [9.17, 15) is 10.6 Å². The van der Waals surface area contributed by atoms with Gasteiger partial charge in [0, 0.05) is 16.3 Å². The highest BCUT2D eigenvalue weighted by Gasteiger charge is 2.54. The van der Waals surface area contributed by atoms with Crippen LogP contribution in [0.15, 0.2) is 65.8 Å². The van der Waals surface area contributed by atoms with Gasteiger partial charge < -0.3 is 9.53 Å². The van der Waals surface area contributed by atoms with E-state index >= 15 is 0 Å². The highest BCUT2D eigenvalue weighted by molar-refractivity contribution is 9.09. The fourth-order valence-electron chi connectivity index (χ4n) is 4.41. The minimum Gasteiger partial charge on any atom is -0.407 e. The maximum Gasteiger partial charge on any atom is 0.261 e. The molecule has 0 saturated heterocycles. The molecule has 1 saturated carbocycles. The van der Waals surface area contributed by atoms with E-state index in [1.807, 2.05) is 36.4 Å². The van der Waals surface area contributed by atoms with Gasteiger partial charge in [0.1, 0.15) is 0 Å². The van der Waals surface area contributed by atoms with Crippen molar-refractivity contribution in [1.29, 1.82) is 0 Å². The number of nitrogens with zero attached hydrogens (tertiary/aromatic N) is 3. The molecule has 1 N–H and O–H groups in total. The van der Waals surface area contributed by atoms with E-state index in [1.54, 1.807) is 0 Å². The van der Waals surface area contributed by atoms with E-state index in [-0.39, 0.29) is 16.5 Å². The standard InChI is InChI=1S/C22H28BrN3O2Si/c1-21(2,3)29(17-10-6-4-7-11-17,18-12-8-5-9-13-18)28-16-22(25-26-24)15-14-19(23)20(22)27/h4-13,19-20,27H,14-16H2,1-3H3/t19-,20+,22+/m0/s1. The second-order valence-corrected chi connectivity index (χ2v) is 14.2. The summed E-state index contributed by atoms with van der Waals surface area (Å²) in [6.45, 7) is 6.81. The number of halogens is 1. The Balaban J connectivity index is 2.12. The molecule has 0 aliphatic heterocycles. The van der Waals surface area contributed by atoms with Gasteiger partial charge in [-0.15, -0.1) is 0 Å². The zero-order valence-corrected chi connectivity index (χ0v) is 19.7. The number of alkyl halides is 1. The summed E-state index contributed by atoms with van der Waals surface area (Å²) in [6.07, 6.45) is 0.549. The smallest absolute Gasteiger partial charge is 0.261 e. The Bertz CT molecular complexity index is 829. The van der Waals surface area contributed by atoms with Crippen LogP contribution in [0.1, 0.15) is 33.6 Å². The first-order valence-corrected chi connectivity index (χ1v) is 12.7. The number of benzene rings is 2. The van der Waals surface area contributed by atoms with Crippen molar-refractivity contribution in [2.24, 2.45) is 5.11 Å². The van der Waals surface area contributed by atoms with Crippen LogP contribution in [0, 0.1) is 0 Å². The third-order valence-corrected chi connectivity index (χ3v) is 11.9. The lowest BCUT2D eigenvalue weighted by Gasteiger charge is -2.45. The van der Waals surface area contributed by atoms with Gasteiger partial charge in [0.25, 0.3) is 8.32 Å². The number of hydrogen-bond donors (Lipinski definition) is 1. The molecular formula is C22H28BrN3O2Si. The molecule has 29 heavy (non-hydrogen) atoms. The number of azide groups is 1. The van der Waals surface area contributed by atoms with Gasteiger partial charge in [-0.05, 0) is 33.8 Å². The maximum absolute atomic E-state index is 10.8. The van der Waals surface area contributed by atoms with Crippen molar-refractivity contribution in [1.82, 2.24) is 0 Å². The summed E-state index contributed by atoms with van der Waals surface area (Å²) < 4.78 is 6.92. The fourth-order valence-corrected chi connectivity index (χ4v) is 9.75. The summed E-state index contributed by atoms with van der Waals surface area (Å²) in [5.74, 6) is 0. The molecule has 0 aromatic heterocycles. The Hall–Kier alpha value is -1.63. The number of hydrogen-bond acceptors (Lipinski definition) is 3. The Labute approximate surface area is 182 Å². The molecule has 7 heteroatoms. The topological polar surface area (TPSA) is 78.2 Å². The first-order chi connectivity index (χ1) is 13.8. The molecule has 154 valence electrons. The SMILES string of the molecule is CC(C)(C)[Si](OC[C@]1(N=[N+]=[N-])CC[C@H](Br)[C@H]1O)(c1ccccc1)c1ccccc1. The largest absolute Gasteiger partial charge is 0.407 e. The van der Waals surface area contributed by atoms with E-state index in [0.29, 0.717) is 6.42 Å². The van der Waals surface area contributed by atoms with Crippen molar-refractivity contribution < 1.29 is 9.53 Å². The van der Waals surface area contributed by atoms with E-state index in [0.717, 1.165) is 16.8 Å². The summed E-state index contributed by atoms with van der Waals surface area (Å²) in [5.41, 5.74) is 8.24. The Kier molecular flexibility index (Phi) is 6.56. The van der Waals surface area contributed by atoms with Crippen LogP contribution >= 0.6 is 15.9 Å². The molecule has 2 aromatic rings. The lowest BCUT2D eigenvalue weighted by atomic mass is 9.98. The summed E-state index contributed by atoms with van der Waals surface area (Å²) in [4.78, 5) is 2.96. The molecule has 0 amide bonds. The zero-order valence-electron chi connectivity index (χ0n) is 17.1. The number of aliphatic hydroxyl groups excluding tert-OH is 1. The number of rotatable bonds is 6. The van der Waals surface area contributed by atoms with Gasteiger partial charge in [-0.25, -0.2) is 0 Å². The Morgan fingerprint density at radius 2 is 1.66 bits per heavy atom. The quantitative estimate of drug-likeness (QED) is 0.220. The molecular weight excluding hydrogens is 446 g/mol. The lowest BCUT2D eigenvalue weighted by Crippen LogP contribution is -2.68. The van der Waals surface area contributed by atoms with Crippen molar-refractivity contribution in [3.05, 3.63) is 71.1 Å². The van der Waals surface area contributed by atoms with Crippen LogP contribution in [0.25, 0.3) is 10.4 Å². The van der Waals surface area contributed by atoms with Crippen LogP contribution in [-0.4, -0.2) is 36.5 Å². The van der Waals surface area contributed by atoms with Gasteiger partial charge in [0.15, 0.2) is 0 Å². The second-order valence-electron chi connectivity index (χ2n) is 8.74. The van der Waals surface area contributed by atoms with Gasteiger partial charge in [-0.3, -0.25) is 0 Å². The monoisotopic (exact) mass is 473 g/mol. The normalized spacial score (nSPS) is 24.9. The van der Waals surface area contributed by atoms with Crippen molar-refractivity contribution in [3.8, 4) is 0 Å². The molecule has 0 radical (unpaired) electrons. The van der Waals surface area contributed by atoms with Crippen molar-refractivity contribution in [2.75, 3.05) is 6.61 Å². The molecule has 1 fully saturated rings. The molecule has 1 aliphatic rings. The minimum atomic E-state index is -2.75. The molecule has 3 rings (SSSR count). The fraction of sp³-hybridized carbons (Fsp3) is 0.455. The molecule has 0 bridgehead atoms. The highest BCUT2D eigenvalue weighted by atomic mass is 79.9. The summed E-state index contributed by atoms with van der Waals surface area (Å²) >= 11 is 3.52. The average Bonchev–Trinajstić information content (AvgIpc) is 2.98. The molecule has 0 unspecified atom stereocenters. The first kappa shape index (κ1) is 22.1. The van der Waals surface area contributed by atoms with Crippen molar-refractivity contribution in [2.45, 2.75) is 55.1 Å². The highest BCUT2D eigenvalue weighted by Crippen LogP contribution is 2.42. The van der Waals surface area contributed by atoms with Gasteiger partial charge >= 0.3 is 0 Å². The van der Waals surface area contributed by atoms with E-state index < -0.39 is 20.0 Å². The minimum absolute atomic E-state index is 0.101. The van der Waals surface area contributed by atoms with Crippen molar-refractivity contribution >= 4 is 34.6 Å². The van der Waals surface area contributed by atoms with Crippen LogP contribution in [0.5, 0.6) is 0 Å². The van der Waals surface area contributed by atoms with Crippen LogP contribution in [0.3, 0.4) is 0 Å². The zero-order chi connectivity index (χ0) is 21.1. The molecule has 0 heterocycles. The third-order valence-electron chi connectivity index (χ3n) is 5.95. The predicted molar refractivity (Wildman–Crippen MR) is 123 cm³/mol. The predicted octanol–water partition coefficient (Wildman–Crippen LogP) is 4.53. The van der Waals surface area contributed by atoms with Gasteiger partial charge in [-0.1, -0.05) is 102 Å². The molecule has 2 aromatic carbocycles. The van der Waals surface area contributed by atoms with Crippen molar-refractivity contribution in [3.63, 3.8) is 0 Å². The van der Waals surface area contributed by atoms with Gasteiger partial charge in [0.2, 0.25) is 0 Å². The molecule has 1 aliphatic carbocycles.